The molecule has 2 aromatic rings. The second kappa shape index (κ2) is 7.64. The lowest BCUT2D eigenvalue weighted by molar-refractivity contribution is 0.101. The zero-order valence-corrected chi connectivity index (χ0v) is 14.5. The number of aliphatic hydroxyl groups is 1. The maximum atomic E-state index is 10.5. The van der Waals surface area contributed by atoms with Crippen molar-refractivity contribution in [1.29, 1.82) is 0 Å². The molecule has 134 valence electrons. The third-order valence-corrected chi connectivity index (χ3v) is 5.56. The van der Waals surface area contributed by atoms with Gasteiger partial charge in [-0.3, -0.25) is 19.8 Å². The Balaban J connectivity index is 1.27. The van der Waals surface area contributed by atoms with Crippen molar-refractivity contribution < 1.29 is 9.52 Å². The highest BCUT2D eigenvalue weighted by atomic mass is 16.3. The van der Waals surface area contributed by atoms with Gasteiger partial charge in [0.25, 0.3) is 0 Å². The summed E-state index contributed by atoms with van der Waals surface area (Å²) in [5.41, 5.74) is 0.974. The molecule has 2 atom stereocenters. The van der Waals surface area contributed by atoms with Gasteiger partial charge < -0.3 is 9.52 Å². The minimum absolute atomic E-state index is 0.261. The van der Waals surface area contributed by atoms with Gasteiger partial charge in [0, 0.05) is 56.7 Å². The van der Waals surface area contributed by atoms with E-state index in [2.05, 4.69) is 19.8 Å². The van der Waals surface area contributed by atoms with Crippen LogP contribution in [0.15, 0.2) is 41.4 Å². The van der Waals surface area contributed by atoms with Gasteiger partial charge in [-0.05, 0) is 31.4 Å². The Labute approximate surface area is 148 Å². The van der Waals surface area contributed by atoms with Crippen LogP contribution in [0.25, 0.3) is 0 Å². The van der Waals surface area contributed by atoms with E-state index in [-0.39, 0.29) is 12.0 Å². The van der Waals surface area contributed by atoms with Gasteiger partial charge in [-0.15, -0.1) is 0 Å². The van der Waals surface area contributed by atoms with Crippen LogP contribution in [0, 0.1) is 5.92 Å². The smallest absolute Gasteiger partial charge is 0.117 e. The number of furan rings is 1. The van der Waals surface area contributed by atoms with Crippen LogP contribution >= 0.6 is 0 Å². The van der Waals surface area contributed by atoms with Crippen LogP contribution in [0.5, 0.6) is 0 Å². The highest BCUT2D eigenvalue weighted by Crippen LogP contribution is 2.27. The number of nitrogens with zero attached hydrogens (tertiary/aromatic N) is 4. The number of likely N-dealkylation sites (tertiary alicyclic amines) is 2. The molecule has 0 spiro atoms. The molecule has 0 amide bonds. The summed E-state index contributed by atoms with van der Waals surface area (Å²) in [6.45, 7) is 4.82. The van der Waals surface area contributed by atoms with Gasteiger partial charge in [-0.1, -0.05) is 0 Å². The van der Waals surface area contributed by atoms with Crippen LogP contribution in [0.2, 0.25) is 0 Å². The number of hydrogen-bond donors (Lipinski definition) is 1. The van der Waals surface area contributed by atoms with E-state index in [1.54, 1.807) is 18.7 Å². The van der Waals surface area contributed by atoms with Crippen molar-refractivity contribution in [1.82, 2.24) is 19.8 Å². The molecular weight excluding hydrogens is 316 g/mol. The molecule has 6 heteroatoms. The average Bonchev–Trinajstić information content (AvgIpc) is 3.27. The van der Waals surface area contributed by atoms with E-state index in [0.29, 0.717) is 6.04 Å². The molecule has 0 unspecified atom stereocenters. The molecule has 1 N–H and O–H groups in total. The number of β-amino-alcohol motifs (C(OH)–C–C–N with tert-alkyl or cyclic N) is 1. The summed E-state index contributed by atoms with van der Waals surface area (Å²) in [4.78, 5) is 13.4. The first kappa shape index (κ1) is 16.7. The Morgan fingerprint density at radius 1 is 1.20 bits per heavy atom. The van der Waals surface area contributed by atoms with Gasteiger partial charge in [-0.2, -0.15) is 0 Å². The zero-order chi connectivity index (χ0) is 17.1. The standard InChI is InChI=1S/C19H26N4O2/c24-19-14-23(12-15(19)10-16-11-20-5-6-21-16)17-3-7-22(8-4-17)13-18-2-1-9-25-18/h1-2,5-6,9,11,15,17,19,24H,3-4,7-8,10,12-14H2/t15-,19-/m1/s1. The molecule has 0 aliphatic carbocycles. The minimum Gasteiger partial charge on any atom is -0.468 e. The van der Waals surface area contributed by atoms with Crippen molar-refractivity contribution in [2.45, 2.75) is 38.0 Å². The van der Waals surface area contributed by atoms with Crippen molar-refractivity contribution >= 4 is 0 Å². The quantitative estimate of drug-likeness (QED) is 0.890. The Kier molecular flexibility index (Phi) is 5.10. The molecule has 0 radical (unpaired) electrons. The third-order valence-electron chi connectivity index (χ3n) is 5.56. The number of aliphatic hydroxyl groups excluding tert-OH is 1. The second-order valence-electron chi connectivity index (χ2n) is 7.27. The van der Waals surface area contributed by atoms with E-state index in [1.165, 1.54) is 0 Å². The van der Waals surface area contributed by atoms with Crippen LogP contribution in [-0.2, 0) is 13.0 Å². The fraction of sp³-hybridized carbons (Fsp3) is 0.579. The summed E-state index contributed by atoms with van der Waals surface area (Å²) in [5, 5.41) is 10.5. The summed E-state index contributed by atoms with van der Waals surface area (Å²) in [5.74, 6) is 1.30. The van der Waals surface area contributed by atoms with Gasteiger partial charge >= 0.3 is 0 Å². The highest BCUT2D eigenvalue weighted by Gasteiger charge is 2.36. The molecule has 0 saturated carbocycles. The number of aromatic nitrogens is 2. The lowest BCUT2D eigenvalue weighted by Crippen LogP contribution is -2.44. The molecule has 2 aromatic heterocycles. The van der Waals surface area contributed by atoms with Crippen molar-refractivity contribution in [2.24, 2.45) is 5.92 Å². The fourth-order valence-electron chi connectivity index (χ4n) is 4.16. The Hall–Kier alpha value is -1.76. The predicted molar refractivity (Wildman–Crippen MR) is 93.8 cm³/mol. The molecule has 25 heavy (non-hydrogen) atoms. The summed E-state index contributed by atoms with van der Waals surface area (Å²) in [6, 6.07) is 4.57. The maximum absolute atomic E-state index is 10.5. The molecule has 2 aliphatic rings. The van der Waals surface area contributed by atoms with Gasteiger partial charge in [0.1, 0.15) is 5.76 Å². The van der Waals surface area contributed by atoms with Crippen LogP contribution < -0.4 is 0 Å². The summed E-state index contributed by atoms with van der Waals surface area (Å²) >= 11 is 0. The lowest BCUT2D eigenvalue weighted by atomic mass is 10.00. The maximum Gasteiger partial charge on any atom is 0.117 e. The average molecular weight is 342 g/mol. The first-order chi connectivity index (χ1) is 12.3. The summed E-state index contributed by atoms with van der Waals surface area (Å²) in [6.07, 6.45) is 9.83. The predicted octanol–water partition coefficient (Wildman–Crippen LogP) is 1.57. The normalized spacial score (nSPS) is 26.3. The zero-order valence-electron chi connectivity index (χ0n) is 14.5. The van der Waals surface area contributed by atoms with Crippen molar-refractivity contribution in [3.8, 4) is 0 Å². The van der Waals surface area contributed by atoms with Gasteiger partial charge in [0.15, 0.2) is 0 Å². The van der Waals surface area contributed by atoms with E-state index < -0.39 is 0 Å². The second-order valence-corrected chi connectivity index (χ2v) is 7.27. The Morgan fingerprint density at radius 3 is 2.80 bits per heavy atom. The number of hydrogen-bond acceptors (Lipinski definition) is 6. The SMILES string of the molecule is O[C@@H]1CN(C2CCN(Cc3ccco3)CC2)C[C@H]1Cc1cnccn1. The van der Waals surface area contributed by atoms with Crippen molar-refractivity contribution in [2.75, 3.05) is 26.2 Å². The fourth-order valence-corrected chi connectivity index (χ4v) is 4.16. The molecule has 0 bridgehead atoms. The van der Waals surface area contributed by atoms with Crippen molar-refractivity contribution in [3.05, 3.63) is 48.4 Å². The summed E-state index contributed by atoms with van der Waals surface area (Å²) < 4.78 is 5.45. The van der Waals surface area contributed by atoms with Gasteiger partial charge in [0.05, 0.1) is 24.6 Å². The largest absolute Gasteiger partial charge is 0.468 e. The minimum atomic E-state index is -0.261. The van der Waals surface area contributed by atoms with Crippen molar-refractivity contribution in [3.63, 3.8) is 0 Å². The lowest BCUT2D eigenvalue weighted by Gasteiger charge is -2.36. The third kappa shape index (κ3) is 4.08. The first-order valence-electron chi connectivity index (χ1n) is 9.19. The van der Waals surface area contributed by atoms with E-state index in [9.17, 15) is 5.11 Å². The molecule has 4 rings (SSSR count). The molecule has 4 heterocycles. The van der Waals surface area contributed by atoms with Crippen LogP contribution in [-0.4, -0.2) is 63.2 Å². The molecule has 2 fully saturated rings. The molecule has 0 aromatic carbocycles. The Bertz CT molecular complexity index is 641. The van der Waals surface area contributed by atoms with E-state index >= 15 is 0 Å². The highest BCUT2D eigenvalue weighted by molar-refractivity contribution is 5.01. The van der Waals surface area contributed by atoms with Gasteiger partial charge in [0.2, 0.25) is 0 Å². The van der Waals surface area contributed by atoms with Crippen LogP contribution in [0.3, 0.4) is 0 Å². The molecular formula is C19H26N4O2. The molecule has 6 nitrogen and oxygen atoms in total. The molecule has 2 saturated heterocycles. The number of piperidine rings is 1. The topological polar surface area (TPSA) is 65.6 Å². The first-order valence-corrected chi connectivity index (χ1v) is 9.19. The van der Waals surface area contributed by atoms with E-state index in [0.717, 1.165) is 63.4 Å². The Morgan fingerprint density at radius 2 is 2.08 bits per heavy atom. The summed E-state index contributed by atoms with van der Waals surface area (Å²) in [7, 11) is 0. The monoisotopic (exact) mass is 342 g/mol. The van der Waals surface area contributed by atoms with Gasteiger partial charge in [-0.25, -0.2) is 0 Å². The molecule has 2 aliphatic heterocycles. The van der Waals surface area contributed by atoms with Crippen LogP contribution in [0.4, 0.5) is 0 Å². The van der Waals surface area contributed by atoms with E-state index in [4.69, 9.17) is 4.42 Å². The van der Waals surface area contributed by atoms with E-state index in [1.807, 2.05) is 18.3 Å². The number of rotatable bonds is 5. The van der Waals surface area contributed by atoms with Crippen LogP contribution in [0.1, 0.15) is 24.3 Å².